The molecule has 0 aliphatic carbocycles. The summed E-state index contributed by atoms with van der Waals surface area (Å²) in [5, 5.41) is 1.10. The minimum Gasteiger partial charge on any atom is -0.481 e. The van der Waals surface area contributed by atoms with Crippen molar-refractivity contribution in [1.29, 1.82) is 0 Å². The molecule has 23 heavy (non-hydrogen) atoms. The quantitative estimate of drug-likeness (QED) is 0.597. The lowest BCUT2D eigenvalue weighted by atomic mass is 9.92. The van der Waals surface area contributed by atoms with Crippen molar-refractivity contribution in [2.45, 2.75) is 5.92 Å². The molecule has 0 spiro atoms. The molecule has 114 valence electrons. The predicted octanol–water partition coefficient (Wildman–Crippen LogP) is 4.08. The number of para-hydroxylation sites is 1. The van der Waals surface area contributed by atoms with Gasteiger partial charge in [0.25, 0.3) is 0 Å². The van der Waals surface area contributed by atoms with Crippen molar-refractivity contribution in [3.05, 3.63) is 83.9 Å². The van der Waals surface area contributed by atoms with Gasteiger partial charge in [0.1, 0.15) is 0 Å². The molecular formula is C19H17N3O. The van der Waals surface area contributed by atoms with E-state index in [0.717, 1.165) is 27.9 Å². The Hall–Kier alpha value is -3.01. The number of nitrogens with one attached hydrogen (secondary N) is 2. The first-order valence-corrected chi connectivity index (χ1v) is 7.57. The van der Waals surface area contributed by atoms with Crippen LogP contribution in [-0.2, 0) is 0 Å². The Labute approximate surface area is 134 Å². The molecule has 4 aromatic rings. The first-order chi connectivity index (χ1) is 11.4. The number of benzene rings is 1. The number of hydrogen-bond acceptors (Lipinski definition) is 2. The number of H-pyrrole nitrogens is 2. The van der Waals surface area contributed by atoms with E-state index >= 15 is 0 Å². The highest BCUT2D eigenvalue weighted by atomic mass is 16.5. The van der Waals surface area contributed by atoms with Crippen molar-refractivity contribution < 1.29 is 4.74 Å². The summed E-state index contributed by atoms with van der Waals surface area (Å²) >= 11 is 0. The van der Waals surface area contributed by atoms with Gasteiger partial charge in [0.15, 0.2) is 0 Å². The molecule has 0 unspecified atom stereocenters. The smallest absolute Gasteiger partial charge is 0.217 e. The van der Waals surface area contributed by atoms with Gasteiger partial charge < -0.3 is 14.7 Å². The highest BCUT2D eigenvalue weighted by molar-refractivity contribution is 5.80. The van der Waals surface area contributed by atoms with Gasteiger partial charge in [-0.25, -0.2) is 4.98 Å². The fourth-order valence-electron chi connectivity index (χ4n) is 3.04. The molecule has 3 heterocycles. The summed E-state index contributed by atoms with van der Waals surface area (Å²) in [7, 11) is 1.67. The van der Waals surface area contributed by atoms with E-state index in [1.165, 1.54) is 0 Å². The molecule has 0 aliphatic rings. The molecule has 0 saturated heterocycles. The lowest BCUT2D eigenvalue weighted by Gasteiger charge is -2.18. The number of hydrogen-bond donors (Lipinski definition) is 2. The highest BCUT2D eigenvalue weighted by Crippen LogP contribution is 2.36. The Morgan fingerprint density at radius 2 is 1.61 bits per heavy atom. The molecule has 0 atom stereocenters. The maximum atomic E-state index is 5.59. The third-order valence-corrected chi connectivity index (χ3v) is 4.09. The van der Waals surface area contributed by atoms with Crippen molar-refractivity contribution >= 4 is 10.9 Å². The number of pyridine rings is 1. The van der Waals surface area contributed by atoms with Gasteiger partial charge in [-0.15, -0.1) is 0 Å². The second-order valence-electron chi connectivity index (χ2n) is 5.46. The molecule has 0 saturated carbocycles. The van der Waals surface area contributed by atoms with Gasteiger partial charge in [-0.2, -0.15) is 0 Å². The number of fused-ring (bicyclic) bond motifs is 1. The number of rotatable bonds is 4. The number of methoxy groups -OCH3 is 1. The first-order valence-electron chi connectivity index (χ1n) is 7.57. The fourth-order valence-corrected chi connectivity index (χ4v) is 3.04. The summed E-state index contributed by atoms with van der Waals surface area (Å²) in [6.07, 6.45) is 3.87. The molecule has 0 aliphatic heterocycles. The van der Waals surface area contributed by atoms with E-state index in [2.05, 4.69) is 39.2 Å². The van der Waals surface area contributed by atoms with Gasteiger partial charge >= 0.3 is 0 Å². The molecule has 0 bridgehead atoms. The second-order valence-corrected chi connectivity index (χ2v) is 5.46. The SMILES string of the molecule is COc1nc2ccccc2cc1C(c1ccc[nH]1)c1ccc[nH]1. The molecule has 4 heteroatoms. The van der Waals surface area contributed by atoms with Crippen LogP contribution in [0.2, 0.25) is 0 Å². The Morgan fingerprint density at radius 3 is 2.22 bits per heavy atom. The van der Waals surface area contributed by atoms with Crippen LogP contribution in [0.25, 0.3) is 10.9 Å². The fraction of sp³-hybridized carbons (Fsp3) is 0.105. The van der Waals surface area contributed by atoms with Crippen LogP contribution >= 0.6 is 0 Å². The van der Waals surface area contributed by atoms with Crippen LogP contribution in [0.5, 0.6) is 5.88 Å². The van der Waals surface area contributed by atoms with Gasteiger partial charge in [0.2, 0.25) is 5.88 Å². The molecule has 4 rings (SSSR count). The molecule has 1 aromatic carbocycles. The van der Waals surface area contributed by atoms with Crippen LogP contribution < -0.4 is 4.74 Å². The topological polar surface area (TPSA) is 53.7 Å². The normalized spacial score (nSPS) is 11.2. The molecule has 0 amide bonds. The van der Waals surface area contributed by atoms with Gasteiger partial charge in [0.05, 0.1) is 18.5 Å². The highest BCUT2D eigenvalue weighted by Gasteiger charge is 2.23. The van der Waals surface area contributed by atoms with Crippen molar-refractivity contribution in [1.82, 2.24) is 15.0 Å². The van der Waals surface area contributed by atoms with Crippen LogP contribution in [0.1, 0.15) is 22.9 Å². The van der Waals surface area contributed by atoms with E-state index in [9.17, 15) is 0 Å². The van der Waals surface area contributed by atoms with Crippen LogP contribution in [-0.4, -0.2) is 22.1 Å². The Kier molecular flexibility index (Phi) is 3.35. The van der Waals surface area contributed by atoms with E-state index in [0.29, 0.717) is 5.88 Å². The second kappa shape index (κ2) is 5.65. The van der Waals surface area contributed by atoms with Crippen molar-refractivity contribution in [2.75, 3.05) is 7.11 Å². The molecular weight excluding hydrogens is 286 g/mol. The summed E-state index contributed by atoms with van der Waals surface area (Å²) in [5.41, 5.74) is 4.17. The number of nitrogens with zero attached hydrogens (tertiary/aromatic N) is 1. The van der Waals surface area contributed by atoms with Crippen molar-refractivity contribution in [3.8, 4) is 5.88 Å². The third-order valence-electron chi connectivity index (χ3n) is 4.09. The lowest BCUT2D eigenvalue weighted by Crippen LogP contribution is -2.07. The van der Waals surface area contributed by atoms with Crippen molar-refractivity contribution in [2.24, 2.45) is 0 Å². The van der Waals surface area contributed by atoms with E-state index in [1.54, 1.807) is 7.11 Å². The summed E-state index contributed by atoms with van der Waals surface area (Å²) in [4.78, 5) is 11.3. The van der Waals surface area contributed by atoms with Crippen LogP contribution in [0.4, 0.5) is 0 Å². The average molecular weight is 303 g/mol. The summed E-state index contributed by atoms with van der Waals surface area (Å²) < 4.78 is 5.59. The van der Waals surface area contributed by atoms with E-state index < -0.39 is 0 Å². The van der Waals surface area contributed by atoms with E-state index in [-0.39, 0.29) is 5.92 Å². The standard InChI is InChI=1S/C19H17N3O/c1-23-19-14(12-13-6-2-3-7-15(13)22-19)18(16-8-4-10-20-16)17-9-5-11-21-17/h2-12,18,20-21H,1H3. The van der Waals surface area contributed by atoms with Gasteiger partial charge in [-0.05, 0) is 36.4 Å². The average Bonchev–Trinajstić information content (AvgIpc) is 3.29. The Morgan fingerprint density at radius 1 is 0.913 bits per heavy atom. The Balaban J connectivity index is 1.97. The molecule has 2 N–H and O–H groups in total. The van der Waals surface area contributed by atoms with Gasteiger partial charge in [-0.1, -0.05) is 18.2 Å². The van der Waals surface area contributed by atoms with Gasteiger partial charge in [-0.3, -0.25) is 0 Å². The molecule has 0 fully saturated rings. The van der Waals surface area contributed by atoms with Crippen LogP contribution in [0.15, 0.2) is 67.0 Å². The van der Waals surface area contributed by atoms with Crippen LogP contribution in [0.3, 0.4) is 0 Å². The van der Waals surface area contributed by atoms with E-state index in [1.807, 2.05) is 42.7 Å². The predicted molar refractivity (Wildman–Crippen MR) is 90.8 cm³/mol. The van der Waals surface area contributed by atoms with Crippen molar-refractivity contribution in [3.63, 3.8) is 0 Å². The minimum absolute atomic E-state index is 0.0204. The monoisotopic (exact) mass is 303 g/mol. The Bertz CT molecular complexity index is 877. The number of aromatic nitrogens is 3. The summed E-state index contributed by atoms with van der Waals surface area (Å²) in [6.45, 7) is 0. The number of ether oxygens (including phenoxy) is 1. The summed E-state index contributed by atoms with van der Waals surface area (Å²) in [6, 6.07) is 18.4. The largest absolute Gasteiger partial charge is 0.481 e. The zero-order chi connectivity index (χ0) is 15.6. The van der Waals surface area contributed by atoms with E-state index in [4.69, 9.17) is 4.74 Å². The first kappa shape index (κ1) is 13.6. The zero-order valence-electron chi connectivity index (χ0n) is 12.8. The molecule has 4 nitrogen and oxygen atoms in total. The lowest BCUT2D eigenvalue weighted by molar-refractivity contribution is 0.393. The molecule has 3 aromatic heterocycles. The maximum absolute atomic E-state index is 5.59. The molecule has 0 radical (unpaired) electrons. The number of aromatic amines is 2. The van der Waals surface area contributed by atoms with Gasteiger partial charge in [0, 0.05) is 34.7 Å². The third kappa shape index (κ3) is 2.38. The maximum Gasteiger partial charge on any atom is 0.217 e. The van der Waals surface area contributed by atoms with Crippen LogP contribution in [0, 0.1) is 0 Å². The minimum atomic E-state index is 0.0204. The zero-order valence-corrected chi connectivity index (χ0v) is 12.8. The summed E-state index contributed by atoms with van der Waals surface area (Å²) in [5.74, 6) is 0.671.